The fraction of sp³-hybridized carbons (Fsp3) is 0.231. The average molecular weight is 266 g/mol. The van der Waals surface area contributed by atoms with Crippen LogP contribution < -0.4 is 4.74 Å². The van der Waals surface area contributed by atoms with Crippen LogP contribution in [-0.2, 0) is 16.0 Å². The van der Waals surface area contributed by atoms with Crippen LogP contribution in [0, 0.1) is 0 Å². The maximum absolute atomic E-state index is 11.3. The Morgan fingerprint density at radius 3 is 2.83 bits per heavy atom. The van der Waals surface area contributed by atoms with Gasteiger partial charge in [0.2, 0.25) is 0 Å². The number of methoxy groups -OCH3 is 2. The van der Waals surface area contributed by atoms with Gasteiger partial charge in [0.05, 0.1) is 31.2 Å². The van der Waals surface area contributed by atoms with Crippen LogP contribution in [0.2, 0.25) is 5.02 Å². The first-order valence-electron chi connectivity index (χ1n) is 5.33. The van der Waals surface area contributed by atoms with Crippen LogP contribution in [0.15, 0.2) is 24.4 Å². The Balaban J connectivity index is 2.57. The molecule has 0 N–H and O–H groups in total. The molecule has 1 aromatic carbocycles. The van der Waals surface area contributed by atoms with Crippen molar-refractivity contribution in [3.8, 4) is 5.75 Å². The smallest absolute Gasteiger partial charge is 0.310 e. The first-order valence-corrected chi connectivity index (χ1v) is 5.71. The lowest BCUT2D eigenvalue weighted by Crippen LogP contribution is -2.06. The van der Waals surface area contributed by atoms with Gasteiger partial charge in [0.25, 0.3) is 0 Å². The normalized spacial score (nSPS) is 10.4. The van der Waals surface area contributed by atoms with Gasteiger partial charge in [-0.3, -0.25) is 9.78 Å². The van der Waals surface area contributed by atoms with E-state index in [2.05, 4.69) is 9.72 Å². The monoisotopic (exact) mass is 265 g/mol. The lowest BCUT2D eigenvalue weighted by atomic mass is 10.1. The number of nitrogens with zero attached hydrogens (tertiary/aromatic N) is 1. The molecule has 18 heavy (non-hydrogen) atoms. The largest absolute Gasteiger partial charge is 0.496 e. The maximum Gasteiger partial charge on any atom is 0.310 e. The van der Waals surface area contributed by atoms with Crippen LogP contribution in [0.5, 0.6) is 5.75 Å². The zero-order chi connectivity index (χ0) is 13.1. The third-order valence-corrected chi connectivity index (χ3v) is 2.98. The zero-order valence-electron chi connectivity index (χ0n) is 10.1. The SMILES string of the molecule is COC(=O)Cc1cc2c(Cl)ccnc2cc1OC. The summed E-state index contributed by atoms with van der Waals surface area (Å²) < 4.78 is 9.90. The van der Waals surface area contributed by atoms with Crippen molar-refractivity contribution in [3.63, 3.8) is 0 Å². The Morgan fingerprint density at radius 1 is 1.39 bits per heavy atom. The first-order chi connectivity index (χ1) is 8.65. The molecule has 0 aliphatic heterocycles. The van der Waals surface area contributed by atoms with Crippen molar-refractivity contribution in [1.82, 2.24) is 4.98 Å². The Hall–Kier alpha value is -1.81. The van der Waals surface area contributed by atoms with Gasteiger partial charge in [-0.05, 0) is 12.1 Å². The molecular weight excluding hydrogens is 254 g/mol. The molecule has 94 valence electrons. The summed E-state index contributed by atoms with van der Waals surface area (Å²) in [5.74, 6) is 0.273. The number of hydrogen-bond donors (Lipinski definition) is 0. The third kappa shape index (κ3) is 2.38. The molecule has 4 nitrogen and oxygen atoms in total. The standard InChI is InChI=1S/C13H12ClNO3/c1-17-12-7-11-9(10(14)3-4-15-11)5-8(12)6-13(16)18-2/h3-5,7H,6H2,1-2H3. The summed E-state index contributed by atoms with van der Waals surface area (Å²) in [6.45, 7) is 0. The number of carbonyl (C=O) groups excluding carboxylic acids is 1. The lowest BCUT2D eigenvalue weighted by Gasteiger charge is -2.09. The van der Waals surface area contributed by atoms with E-state index in [9.17, 15) is 4.79 Å². The second-order valence-electron chi connectivity index (χ2n) is 3.73. The van der Waals surface area contributed by atoms with Gasteiger partial charge in [0.1, 0.15) is 5.75 Å². The fourth-order valence-corrected chi connectivity index (χ4v) is 1.95. The van der Waals surface area contributed by atoms with Crippen LogP contribution in [0.25, 0.3) is 10.9 Å². The van der Waals surface area contributed by atoms with Gasteiger partial charge in [0.15, 0.2) is 0 Å². The van der Waals surface area contributed by atoms with Crippen LogP contribution in [0.3, 0.4) is 0 Å². The highest BCUT2D eigenvalue weighted by atomic mass is 35.5. The van der Waals surface area contributed by atoms with Crippen LogP contribution in [-0.4, -0.2) is 25.2 Å². The number of hydrogen-bond acceptors (Lipinski definition) is 4. The molecule has 1 aromatic heterocycles. The Labute approximate surface area is 109 Å². The Kier molecular flexibility index (Phi) is 3.67. The Bertz CT molecular complexity index is 598. The van der Waals surface area contributed by atoms with Gasteiger partial charge in [0, 0.05) is 23.2 Å². The van der Waals surface area contributed by atoms with Crippen molar-refractivity contribution in [2.75, 3.05) is 14.2 Å². The molecule has 0 amide bonds. The molecule has 0 spiro atoms. The van der Waals surface area contributed by atoms with Gasteiger partial charge in [-0.1, -0.05) is 11.6 Å². The number of esters is 1. The fourth-order valence-electron chi connectivity index (χ4n) is 1.74. The molecule has 2 rings (SSSR count). The van der Waals surface area contributed by atoms with Gasteiger partial charge in [-0.2, -0.15) is 0 Å². The van der Waals surface area contributed by atoms with E-state index in [0.717, 1.165) is 16.5 Å². The predicted molar refractivity (Wildman–Crippen MR) is 69.0 cm³/mol. The maximum atomic E-state index is 11.3. The summed E-state index contributed by atoms with van der Waals surface area (Å²) >= 11 is 6.10. The number of aromatic nitrogens is 1. The molecule has 0 saturated heterocycles. The topological polar surface area (TPSA) is 48.4 Å². The Morgan fingerprint density at radius 2 is 2.17 bits per heavy atom. The van der Waals surface area contributed by atoms with E-state index in [-0.39, 0.29) is 12.4 Å². The molecule has 0 saturated carbocycles. The molecular formula is C13H12ClNO3. The van der Waals surface area contributed by atoms with Crippen molar-refractivity contribution in [3.05, 3.63) is 35.0 Å². The van der Waals surface area contributed by atoms with E-state index >= 15 is 0 Å². The van der Waals surface area contributed by atoms with Gasteiger partial charge < -0.3 is 9.47 Å². The lowest BCUT2D eigenvalue weighted by molar-refractivity contribution is -0.139. The summed E-state index contributed by atoms with van der Waals surface area (Å²) in [5.41, 5.74) is 1.46. The van der Waals surface area contributed by atoms with Crippen molar-refractivity contribution in [2.45, 2.75) is 6.42 Å². The van der Waals surface area contributed by atoms with E-state index in [1.165, 1.54) is 7.11 Å². The molecule has 0 bridgehead atoms. The van der Waals surface area contributed by atoms with E-state index in [1.54, 1.807) is 31.5 Å². The number of carbonyl (C=O) groups is 1. The van der Waals surface area contributed by atoms with Gasteiger partial charge in [-0.25, -0.2) is 0 Å². The molecule has 0 unspecified atom stereocenters. The average Bonchev–Trinajstić information content (AvgIpc) is 2.39. The molecule has 0 fully saturated rings. The highest BCUT2D eigenvalue weighted by molar-refractivity contribution is 6.35. The van der Waals surface area contributed by atoms with Crippen molar-refractivity contribution in [2.24, 2.45) is 0 Å². The minimum Gasteiger partial charge on any atom is -0.496 e. The summed E-state index contributed by atoms with van der Waals surface area (Å²) in [6, 6.07) is 5.28. The zero-order valence-corrected chi connectivity index (χ0v) is 10.8. The summed E-state index contributed by atoms with van der Waals surface area (Å²) in [4.78, 5) is 15.6. The highest BCUT2D eigenvalue weighted by Crippen LogP contribution is 2.29. The van der Waals surface area contributed by atoms with E-state index in [1.807, 2.05) is 0 Å². The molecule has 0 aliphatic rings. The first kappa shape index (κ1) is 12.6. The van der Waals surface area contributed by atoms with Crippen molar-refractivity contribution in [1.29, 1.82) is 0 Å². The minimum atomic E-state index is -0.326. The quantitative estimate of drug-likeness (QED) is 0.801. The van der Waals surface area contributed by atoms with Crippen LogP contribution >= 0.6 is 11.6 Å². The summed E-state index contributed by atoms with van der Waals surface area (Å²) in [5, 5.41) is 1.38. The number of pyridine rings is 1. The van der Waals surface area contributed by atoms with Gasteiger partial charge >= 0.3 is 5.97 Å². The summed E-state index contributed by atoms with van der Waals surface area (Å²) in [7, 11) is 2.90. The van der Waals surface area contributed by atoms with Crippen molar-refractivity contribution < 1.29 is 14.3 Å². The predicted octanol–water partition coefficient (Wildman–Crippen LogP) is 2.61. The highest BCUT2D eigenvalue weighted by Gasteiger charge is 2.12. The molecule has 0 radical (unpaired) electrons. The summed E-state index contributed by atoms with van der Waals surface area (Å²) in [6.07, 6.45) is 1.77. The second-order valence-corrected chi connectivity index (χ2v) is 4.13. The number of benzene rings is 1. The van der Waals surface area contributed by atoms with Crippen LogP contribution in [0.1, 0.15) is 5.56 Å². The molecule has 0 aliphatic carbocycles. The molecule has 2 aromatic rings. The second kappa shape index (κ2) is 5.23. The van der Waals surface area contributed by atoms with E-state index in [4.69, 9.17) is 16.3 Å². The number of fused-ring (bicyclic) bond motifs is 1. The van der Waals surface area contributed by atoms with Crippen molar-refractivity contribution >= 4 is 28.5 Å². The van der Waals surface area contributed by atoms with E-state index in [0.29, 0.717) is 10.8 Å². The minimum absolute atomic E-state index is 0.140. The van der Waals surface area contributed by atoms with Crippen LogP contribution in [0.4, 0.5) is 0 Å². The number of ether oxygens (including phenoxy) is 2. The molecule has 0 atom stereocenters. The third-order valence-electron chi connectivity index (χ3n) is 2.65. The number of halogens is 1. The number of rotatable bonds is 3. The van der Waals surface area contributed by atoms with E-state index < -0.39 is 0 Å². The molecule has 1 heterocycles. The molecule has 5 heteroatoms. The van der Waals surface area contributed by atoms with Gasteiger partial charge in [-0.15, -0.1) is 0 Å².